The summed E-state index contributed by atoms with van der Waals surface area (Å²) in [6.45, 7) is 5.11. The lowest BCUT2D eigenvalue weighted by molar-refractivity contribution is -0.133. The molecule has 1 rings (SSSR count). The van der Waals surface area contributed by atoms with E-state index >= 15 is 0 Å². The summed E-state index contributed by atoms with van der Waals surface area (Å²) in [7, 11) is 1.78. The molecule has 1 aliphatic heterocycles. The molecule has 2 N–H and O–H groups in total. The average molecular weight is 241 g/mol. The molecule has 98 valence electrons. The number of rotatable bonds is 5. The van der Waals surface area contributed by atoms with E-state index in [0.717, 1.165) is 12.8 Å². The van der Waals surface area contributed by atoms with Gasteiger partial charge in [0.25, 0.3) is 0 Å². The predicted molar refractivity (Wildman–Crippen MR) is 66.6 cm³/mol. The van der Waals surface area contributed by atoms with E-state index in [4.69, 9.17) is 0 Å². The Morgan fingerprint density at radius 1 is 1.59 bits per heavy atom. The molecule has 1 heterocycles. The quantitative estimate of drug-likeness (QED) is 0.718. The van der Waals surface area contributed by atoms with Crippen LogP contribution in [0.4, 0.5) is 0 Å². The summed E-state index contributed by atoms with van der Waals surface area (Å²) in [6.07, 6.45) is 2.28. The van der Waals surface area contributed by atoms with Gasteiger partial charge in [-0.3, -0.25) is 9.59 Å². The SMILES string of the molecule is CCC(C)NCC(=O)NC1CCC(=O)N(C)C1. The van der Waals surface area contributed by atoms with Crippen LogP contribution >= 0.6 is 0 Å². The molecule has 1 fully saturated rings. The van der Waals surface area contributed by atoms with Crippen LogP contribution in [0, 0.1) is 0 Å². The maximum absolute atomic E-state index is 11.6. The van der Waals surface area contributed by atoms with Gasteiger partial charge < -0.3 is 15.5 Å². The van der Waals surface area contributed by atoms with Gasteiger partial charge in [0.2, 0.25) is 11.8 Å². The predicted octanol–water partition coefficient (Wildman–Crippen LogP) is 0.112. The van der Waals surface area contributed by atoms with Crippen molar-refractivity contribution < 1.29 is 9.59 Å². The molecule has 0 saturated carbocycles. The normalized spacial score (nSPS) is 22.4. The van der Waals surface area contributed by atoms with Crippen LogP contribution in [0.3, 0.4) is 0 Å². The molecule has 2 unspecified atom stereocenters. The number of likely N-dealkylation sites (N-methyl/N-ethyl adjacent to an activating group) is 1. The highest BCUT2D eigenvalue weighted by molar-refractivity contribution is 5.80. The molecule has 17 heavy (non-hydrogen) atoms. The maximum Gasteiger partial charge on any atom is 0.234 e. The summed E-state index contributed by atoms with van der Waals surface area (Å²) < 4.78 is 0. The minimum Gasteiger partial charge on any atom is -0.350 e. The van der Waals surface area contributed by atoms with Gasteiger partial charge in [-0.25, -0.2) is 0 Å². The third-order valence-corrected chi connectivity index (χ3v) is 3.22. The van der Waals surface area contributed by atoms with Gasteiger partial charge in [0.05, 0.1) is 6.54 Å². The van der Waals surface area contributed by atoms with Crippen molar-refractivity contribution in [2.24, 2.45) is 0 Å². The first-order valence-electron chi connectivity index (χ1n) is 6.29. The lowest BCUT2D eigenvalue weighted by Gasteiger charge is -2.30. The Labute approximate surface area is 103 Å². The molecule has 0 aromatic heterocycles. The second kappa shape index (κ2) is 6.59. The van der Waals surface area contributed by atoms with Crippen LogP contribution in [0.5, 0.6) is 0 Å². The Kier molecular flexibility index (Phi) is 5.41. The monoisotopic (exact) mass is 241 g/mol. The Hall–Kier alpha value is -1.10. The largest absolute Gasteiger partial charge is 0.350 e. The summed E-state index contributed by atoms with van der Waals surface area (Å²) in [4.78, 5) is 24.6. The van der Waals surface area contributed by atoms with E-state index < -0.39 is 0 Å². The van der Waals surface area contributed by atoms with Gasteiger partial charge >= 0.3 is 0 Å². The smallest absolute Gasteiger partial charge is 0.234 e. The lowest BCUT2D eigenvalue weighted by atomic mass is 10.1. The van der Waals surface area contributed by atoms with E-state index in [0.29, 0.717) is 25.6 Å². The van der Waals surface area contributed by atoms with Crippen molar-refractivity contribution in [3.05, 3.63) is 0 Å². The highest BCUT2D eigenvalue weighted by Crippen LogP contribution is 2.09. The Balaban J connectivity index is 2.25. The van der Waals surface area contributed by atoms with Crippen molar-refractivity contribution in [1.29, 1.82) is 0 Å². The van der Waals surface area contributed by atoms with Gasteiger partial charge in [0.15, 0.2) is 0 Å². The topological polar surface area (TPSA) is 61.4 Å². The molecule has 0 spiro atoms. The van der Waals surface area contributed by atoms with Crippen molar-refractivity contribution in [1.82, 2.24) is 15.5 Å². The highest BCUT2D eigenvalue weighted by Gasteiger charge is 2.23. The first-order chi connectivity index (χ1) is 8.02. The number of carbonyl (C=O) groups is 2. The number of hydrogen-bond acceptors (Lipinski definition) is 3. The van der Waals surface area contributed by atoms with Crippen molar-refractivity contribution in [2.45, 2.75) is 45.2 Å². The van der Waals surface area contributed by atoms with Gasteiger partial charge in [-0.15, -0.1) is 0 Å². The van der Waals surface area contributed by atoms with Crippen LogP contribution in [0.1, 0.15) is 33.1 Å². The number of hydrogen-bond donors (Lipinski definition) is 2. The first kappa shape index (κ1) is 14.0. The van der Waals surface area contributed by atoms with Crippen molar-refractivity contribution in [3.63, 3.8) is 0 Å². The average Bonchev–Trinajstić information content (AvgIpc) is 2.31. The molecule has 2 amide bonds. The number of amides is 2. The van der Waals surface area contributed by atoms with Crippen LogP contribution in [-0.4, -0.2) is 48.9 Å². The molecule has 5 heteroatoms. The van der Waals surface area contributed by atoms with Crippen molar-refractivity contribution >= 4 is 11.8 Å². The number of likely N-dealkylation sites (tertiary alicyclic amines) is 1. The number of nitrogens with one attached hydrogen (secondary N) is 2. The molecule has 5 nitrogen and oxygen atoms in total. The van der Waals surface area contributed by atoms with E-state index in [1.807, 2.05) is 0 Å². The minimum atomic E-state index is 0.0121. The van der Waals surface area contributed by atoms with Crippen molar-refractivity contribution in [3.8, 4) is 0 Å². The maximum atomic E-state index is 11.6. The van der Waals surface area contributed by atoms with E-state index in [1.54, 1.807) is 11.9 Å². The third-order valence-electron chi connectivity index (χ3n) is 3.22. The molecule has 0 aliphatic carbocycles. The zero-order valence-corrected chi connectivity index (χ0v) is 11.0. The zero-order valence-electron chi connectivity index (χ0n) is 11.0. The molecule has 0 aromatic rings. The Morgan fingerprint density at radius 3 is 2.88 bits per heavy atom. The zero-order chi connectivity index (χ0) is 12.8. The van der Waals surface area contributed by atoms with Crippen LogP contribution in [-0.2, 0) is 9.59 Å². The van der Waals surface area contributed by atoms with Crippen LogP contribution < -0.4 is 10.6 Å². The summed E-state index contributed by atoms with van der Waals surface area (Å²) in [6, 6.07) is 0.459. The molecule has 1 aliphatic rings. The van der Waals surface area contributed by atoms with E-state index in [2.05, 4.69) is 24.5 Å². The summed E-state index contributed by atoms with van der Waals surface area (Å²) >= 11 is 0. The van der Waals surface area contributed by atoms with E-state index in [-0.39, 0.29) is 17.9 Å². The minimum absolute atomic E-state index is 0.0121. The van der Waals surface area contributed by atoms with Gasteiger partial charge in [0, 0.05) is 32.1 Å². The Morgan fingerprint density at radius 2 is 2.29 bits per heavy atom. The fraction of sp³-hybridized carbons (Fsp3) is 0.833. The fourth-order valence-corrected chi connectivity index (χ4v) is 1.82. The van der Waals surface area contributed by atoms with Crippen LogP contribution in [0.25, 0.3) is 0 Å². The molecular formula is C12H23N3O2. The summed E-state index contributed by atoms with van der Waals surface area (Å²) in [5.74, 6) is 0.172. The molecule has 2 atom stereocenters. The van der Waals surface area contributed by atoms with E-state index in [9.17, 15) is 9.59 Å². The van der Waals surface area contributed by atoms with Gasteiger partial charge in [-0.1, -0.05) is 6.92 Å². The molecule has 1 saturated heterocycles. The van der Waals surface area contributed by atoms with Crippen molar-refractivity contribution in [2.75, 3.05) is 20.1 Å². The molecule has 0 radical (unpaired) electrons. The second-order valence-electron chi connectivity index (χ2n) is 4.77. The fourth-order valence-electron chi connectivity index (χ4n) is 1.82. The lowest BCUT2D eigenvalue weighted by Crippen LogP contribution is -2.50. The van der Waals surface area contributed by atoms with Crippen LogP contribution in [0.2, 0.25) is 0 Å². The first-order valence-corrected chi connectivity index (χ1v) is 6.29. The molecular weight excluding hydrogens is 218 g/mol. The number of piperidine rings is 1. The molecule has 0 bridgehead atoms. The summed E-state index contributed by atoms with van der Waals surface area (Å²) in [5.41, 5.74) is 0. The van der Waals surface area contributed by atoms with E-state index in [1.165, 1.54) is 0 Å². The number of nitrogens with zero attached hydrogens (tertiary/aromatic N) is 1. The van der Waals surface area contributed by atoms with Gasteiger partial charge in [0.1, 0.15) is 0 Å². The van der Waals surface area contributed by atoms with Gasteiger partial charge in [-0.05, 0) is 19.8 Å². The highest BCUT2D eigenvalue weighted by atomic mass is 16.2. The molecule has 0 aromatic carbocycles. The standard InChI is InChI=1S/C12H23N3O2/c1-4-9(2)13-7-11(16)14-10-5-6-12(17)15(3)8-10/h9-10,13H,4-8H2,1-3H3,(H,14,16). The summed E-state index contributed by atoms with van der Waals surface area (Å²) in [5, 5.41) is 6.10. The van der Waals surface area contributed by atoms with Crippen LogP contribution in [0.15, 0.2) is 0 Å². The Bertz CT molecular complexity index is 281. The third kappa shape index (κ3) is 4.73. The number of carbonyl (C=O) groups excluding carboxylic acids is 2. The van der Waals surface area contributed by atoms with Gasteiger partial charge in [-0.2, -0.15) is 0 Å². The second-order valence-corrected chi connectivity index (χ2v) is 4.77.